The summed E-state index contributed by atoms with van der Waals surface area (Å²) in [6.07, 6.45) is 1.81. The number of carbonyl (C=O) groups is 2. The number of hydrogen-bond acceptors (Lipinski definition) is 4. The van der Waals surface area contributed by atoms with Crippen molar-refractivity contribution in [1.29, 1.82) is 0 Å². The Kier molecular flexibility index (Phi) is 5.32. The lowest BCUT2D eigenvalue weighted by Gasteiger charge is -2.39. The molecular formula is C21H24ClFN4O3. The minimum Gasteiger partial charge on any atom is -0.364 e. The summed E-state index contributed by atoms with van der Waals surface area (Å²) in [6, 6.07) is 4.25. The van der Waals surface area contributed by atoms with Crippen LogP contribution in [0.3, 0.4) is 0 Å². The number of fused-ring (bicyclic) bond motifs is 1. The molecule has 9 heteroatoms. The lowest BCUT2D eigenvalue weighted by molar-refractivity contribution is -0.135. The van der Waals surface area contributed by atoms with Gasteiger partial charge in [0.1, 0.15) is 12.4 Å². The van der Waals surface area contributed by atoms with E-state index in [2.05, 4.69) is 5.10 Å². The van der Waals surface area contributed by atoms with E-state index in [4.69, 9.17) is 16.3 Å². The number of aromatic nitrogens is 2. The van der Waals surface area contributed by atoms with Gasteiger partial charge in [0.25, 0.3) is 5.91 Å². The summed E-state index contributed by atoms with van der Waals surface area (Å²) in [6.45, 7) is 7.15. The quantitative estimate of drug-likeness (QED) is 0.745. The zero-order chi connectivity index (χ0) is 21.6. The molecule has 30 heavy (non-hydrogen) atoms. The van der Waals surface area contributed by atoms with Gasteiger partial charge in [-0.3, -0.25) is 14.3 Å². The first-order valence-electron chi connectivity index (χ1n) is 9.87. The first-order valence-corrected chi connectivity index (χ1v) is 10.2. The smallest absolute Gasteiger partial charge is 0.253 e. The van der Waals surface area contributed by atoms with E-state index in [-0.39, 0.29) is 35.9 Å². The van der Waals surface area contributed by atoms with Crippen molar-refractivity contribution in [3.63, 3.8) is 0 Å². The Labute approximate surface area is 179 Å². The molecule has 0 N–H and O–H groups in total. The highest BCUT2D eigenvalue weighted by atomic mass is 35.5. The van der Waals surface area contributed by atoms with Crippen LogP contribution < -0.4 is 4.90 Å². The number of rotatable bonds is 3. The van der Waals surface area contributed by atoms with Gasteiger partial charge in [-0.2, -0.15) is 5.10 Å². The summed E-state index contributed by atoms with van der Waals surface area (Å²) < 4.78 is 20.9. The number of carbonyl (C=O) groups excluding carboxylic acids is 2. The van der Waals surface area contributed by atoms with Crippen molar-refractivity contribution >= 4 is 29.1 Å². The van der Waals surface area contributed by atoms with Crippen molar-refractivity contribution in [2.24, 2.45) is 0 Å². The second-order valence-electron chi connectivity index (χ2n) is 8.48. The highest BCUT2D eigenvalue weighted by Gasteiger charge is 2.37. The van der Waals surface area contributed by atoms with Crippen LogP contribution in [0, 0.1) is 5.82 Å². The van der Waals surface area contributed by atoms with Crippen LogP contribution in [0.2, 0.25) is 5.02 Å². The molecule has 1 aromatic carbocycles. The highest BCUT2D eigenvalue weighted by Crippen LogP contribution is 2.31. The minimum absolute atomic E-state index is 0.000740. The number of anilines is 1. The van der Waals surface area contributed by atoms with Gasteiger partial charge < -0.3 is 14.5 Å². The summed E-state index contributed by atoms with van der Waals surface area (Å²) in [7, 11) is 0. The van der Waals surface area contributed by atoms with E-state index in [0.29, 0.717) is 30.9 Å². The Morgan fingerprint density at radius 1 is 1.40 bits per heavy atom. The van der Waals surface area contributed by atoms with Crippen LogP contribution >= 0.6 is 11.6 Å². The largest absolute Gasteiger partial charge is 0.364 e. The van der Waals surface area contributed by atoms with Crippen molar-refractivity contribution in [3.05, 3.63) is 46.5 Å². The molecule has 1 fully saturated rings. The molecule has 1 saturated heterocycles. The van der Waals surface area contributed by atoms with Crippen LogP contribution in [-0.4, -0.2) is 51.3 Å². The summed E-state index contributed by atoms with van der Waals surface area (Å²) in [5.74, 6) is -0.717. The molecule has 3 heterocycles. The monoisotopic (exact) mass is 434 g/mol. The molecular weight excluding hydrogens is 411 g/mol. The number of ether oxygens (including phenoxy) is 1. The summed E-state index contributed by atoms with van der Waals surface area (Å²) >= 11 is 5.85. The summed E-state index contributed by atoms with van der Waals surface area (Å²) in [4.78, 5) is 29.0. The molecule has 2 amide bonds. The van der Waals surface area contributed by atoms with Crippen molar-refractivity contribution < 1.29 is 18.7 Å². The molecule has 2 aliphatic rings. The lowest BCUT2D eigenvalue weighted by Crippen LogP contribution is -2.52. The first kappa shape index (κ1) is 20.8. The fraction of sp³-hybridized carbons (Fsp3) is 0.476. The Morgan fingerprint density at radius 3 is 2.90 bits per heavy atom. The van der Waals surface area contributed by atoms with E-state index in [0.717, 1.165) is 5.69 Å². The number of morpholine rings is 1. The number of benzene rings is 1. The molecule has 0 spiro atoms. The fourth-order valence-electron chi connectivity index (χ4n) is 3.94. The maximum Gasteiger partial charge on any atom is 0.253 e. The van der Waals surface area contributed by atoms with Crippen molar-refractivity contribution in [2.45, 2.75) is 51.9 Å². The Hall–Kier alpha value is -2.45. The molecule has 1 atom stereocenters. The molecule has 2 aliphatic heterocycles. The van der Waals surface area contributed by atoms with Crippen molar-refractivity contribution in [1.82, 2.24) is 14.7 Å². The van der Waals surface area contributed by atoms with Crippen molar-refractivity contribution in [2.75, 3.05) is 18.1 Å². The number of halogens is 2. The van der Waals surface area contributed by atoms with E-state index < -0.39 is 11.4 Å². The van der Waals surface area contributed by atoms with Gasteiger partial charge in [-0.25, -0.2) is 4.39 Å². The summed E-state index contributed by atoms with van der Waals surface area (Å²) in [5.41, 5.74) is 1.74. The predicted octanol–water partition coefficient (Wildman–Crippen LogP) is 2.79. The first-order chi connectivity index (χ1) is 14.1. The van der Waals surface area contributed by atoms with Crippen LogP contribution in [0.25, 0.3) is 0 Å². The van der Waals surface area contributed by atoms with Gasteiger partial charge in [0.15, 0.2) is 0 Å². The normalized spacial score (nSPS) is 21.0. The van der Waals surface area contributed by atoms with Crippen LogP contribution in [0.15, 0.2) is 24.4 Å². The van der Waals surface area contributed by atoms with E-state index in [9.17, 15) is 14.0 Å². The van der Waals surface area contributed by atoms with E-state index >= 15 is 0 Å². The third-order valence-corrected chi connectivity index (χ3v) is 5.88. The van der Waals surface area contributed by atoms with Gasteiger partial charge in [0, 0.05) is 6.04 Å². The Balaban J connectivity index is 1.56. The second kappa shape index (κ2) is 7.67. The third kappa shape index (κ3) is 3.94. The average molecular weight is 435 g/mol. The highest BCUT2D eigenvalue weighted by molar-refractivity contribution is 6.30. The molecule has 0 unspecified atom stereocenters. The molecule has 0 radical (unpaired) electrons. The zero-order valence-corrected chi connectivity index (χ0v) is 17.9. The molecule has 0 bridgehead atoms. The predicted molar refractivity (Wildman–Crippen MR) is 110 cm³/mol. The van der Waals surface area contributed by atoms with Crippen LogP contribution in [0.1, 0.15) is 32.0 Å². The third-order valence-electron chi connectivity index (χ3n) is 5.59. The number of nitrogens with zero attached hydrogens (tertiary/aromatic N) is 4. The second-order valence-corrected chi connectivity index (χ2v) is 8.89. The van der Waals surface area contributed by atoms with E-state index in [1.54, 1.807) is 22.1 Å². The van der Waals surface area contributed by atoms with Gasteiger partial charge in [0.05, 0.1) is 54.3 Å². The standard InChI is InChI=1S/C21H24ClFN4O3/c1-13-9-27-18(17(8-24-27)26-12-21(2,3)30-11-20(26)29)10-25(13)19(28)7-14-4-5-16(23)15(22)6-14/h4-6,8,13H,7,9-12H2,1-3H3/t13-/m0/s1. The van der Waals surface area contributed by atoms with E-state index in [1.807, 2.05) is 25.5 Å². The summed E-state index contributed by atoms with van der Waals surface area (Å²) in [5, 5.41) is 4.45. The topological polar surface area (TPSA) is 67.7 Å². The molecule has 4 rings (SSSR count). The van der Waals surface area contributed by atoms with E-state index in [1.165, 1.54) is 12.1 Å². The van der Waals surface area contributed by atoms with Gasteiger partial charge in [-0.05, 0) is 38.5 Å². The average Bonchev–Trinajstić information content (AvgIpc) is 3.08. The van der Waals surface area contributed by atoms with Gasteiger partial charge >= 0.3 is 0 Å². The maximum atomic E-state index is 13.4. The van der Waals surface area contributed by atoms with Crippen LogP contribution in [-0.2, 0) is 33.8 Å². The van der Waals surface area contributed by atoms with Crippen LogP contribution in [0.4, 0.5) is 10.1 Å². The molecule has 160 valence electrons. The Morgan fingerprint density at radius 2 is 2.17 bits per heavy atom. The minimum atomic E-state index is -0.508. The van der Waals surface area contributed by atoms with Crippen LogP contribution in [0.5, 0.6) is 0 Å². The zero-order valence-electron chi connectivity index (χ0n) is 17.2. The molecule has 1 aromatic heterocycles. The van der Waals surface area contributed by atoms with Crippen molar-refractivity contribution in [3.8, 4) is 0 Å². The fourth-order valence-corrected chi connectivity index (χ4v) is 4.14. The molecule has 2 aromatic rings. The maximum absolute atomic E-state index is 13.4. The van der Waals surface area contributed by atoms with Gasteiger partial charge in [0.2, 0.25) is 5.91 Å². The number of hydrogen-bond donors (Lipinski definition) is 0. The molecule has 7 nitrogen and oxygen atoms in total. The molecule has 0 saturated carbocycles. The molecule has 0 aliphatic carbocycles. The SMILES string of the molecule is C[C@H]1Cn2ncc(N3CC(C)(C)OCC3=O)c2CN1C(=O)Cc1ccc(F)c(Cl)c1. The Bertz CT molecular complexity index is 1010. The lowest BCUT2D eigenvalue weighted by atomic mass is 10.1. The van der Waals surface area contributed by atoms with Gasteiger partial charge in [-0.15, -0.1) is 0 Å². The number of amides is 2. The van der Waals surface area contributed by atoms with Gasteiger partial charge in [-0.1, -0.05) is 17.7 Å².